The molecule has 144 valence electrons. The third-order valence-corrected chi connectivity index (χ3v) is 4.72. The van der Waals surface area contributed by atoms with Crippen LogP contribution < -0.4 is 10.2 Å². The van der Waals surface area contributed by atoms with Crippen LogP contribution in [0.2, 0.25) is 0 Å². The lowest BCUT2D eigenvalue weighted by molar-refractivity contribution is 0.485. The molecule has 8 heteroatoms. The molecule has 4 heterocycles. The second-order valence-corrected chi connectivity index (χ2v) is 7.19. The van der Waals surface area contributed by atoms with Crippen LogP contribution in [0.5, 0.6) is 0 Å². The fourth-order valence-electron chi connectivity index (χ4n) is 3.56. The largest absolute Gasteiger partial charge is 0.340 e. The Labute approximate surface area is 164 Å². The summed E-state index contributed by atoms with van der Waals surface area (Å²) in [5.74, 6) is 3.12. The normalized spacial score (nSPS) is 16.8. The monoisotopic (exact) mass is 376 g/mol. The number of aromatic nitrogens is 6. The molecule has 1 saturated heterocycles. The summed E-state index contributed by atoms with van der Waals surface area (Å²) in [7, 11) is 0. The Kier molecular flexibility index (Phi) is 5.10. The Morgan fingerprint density at radius 2 is 1.64 bits per heavy atom. The first-order valence-electron chi connectivity index (χ1n) is 9.54. The van der Waals surface area contributed by atoms with E-state index in [0.29, 0.717) is 5.95 Å². The van der Waals surface area contributed by atoms with Crippen molar-refractivity contribution < 1.29 is 0 Å². The smallest absolute Gasteiger partial charge is 0.228 e. The van der Waals surface area contributed by atoms with Gasteiger partial charge in [0.15, 0.2) is 0 Å². The van der Waals surface area contributed by atoms with E-state index in [1.54, 1.807) is 12.4 Å². The van der Waals surface area contributed by atoms with Crippen molar-refractivity contribution in [1.82, 2.24) is 29.9 Å². The molecule has 1 aliphatic rings. The highest BCUT2D eigenvalue weighted by Gasteiger charge is 2.25. The van der Waals surface area contributed by atoms with Gasteiger partial charge in [-0.15, -0.1) is 0 Å². The van der Waals surface area contributed by atoms with Crippen LogP contribution in [-0.4, -0.2) is 43.0 Å². The van der Waals surface area contributed by atoms with Gasteiger partial charge in [-0.05, 0) is 45.7 Å². The van der Waals surface area contributed by atoms with Gasteiger partial charge in [-0.3, -0.25) is 0 Å². The highest BCUT2D eigenvalue weighted by molar-refractivity contribution is 5.48. The first-order valence-corrected chi connectivity index (χ1v) is 9.54. The molecule has 1 fully saturated rings. The zero-order chi connectivity index (χ0) is 19.5. The van der Waals surface area contributed by atoms with E-state index in [0.717, 1.165) is 60.6 Å². The molecule has 0 radical (unpaired) electrons. The molecule has 3 aromatic heterocycles. The van der Waals surface area contributed by atoms with Gasteiger partial charge in [0, 0.05) is 54.5 Å². The van der Waals surface area contributed by atoms with Gasteiger partial charge in [-0.25, -0.2) is 29.9 Å². The number of nitrogens with zero attached hydrogens (tertiary/aromatic N) is 7. The van der Waals surface area contributed by atoms with Gasteiger partial charge in [-0.2, -0.15) is 0 Å². The van der Waals surface area contributed by atoms with E-state index >= 15 is 0 Å². The summed E-state index contributed by atoms with van der Waals surface area (Å²) >= 11 is 0. The third-order valence-electron chi connectivity index (χ3n) is 4.72. The minimum Gasteiger partial charge on any atom is -0.340 e. The predicted molar refractivity (Wildman–Crippen MR) is 108 cm³/mol. The Morgan fingerprint density at radius 1 is 0.929 bits per heavy atom. The van der Waals surface area contributed by atoms with Crippen LogP contribution in [0, 0.1) is 20.8 Å². The fraction of sp³-hybridized carbons (Fsp3) is 0.400. The molecule has 8 nitrogen and oxygen atoms in total. The molecule has 0 spiro atoms. The maximum atomic E-state index is 4.77. The van der Waals surface area contributed by atoms with Crippen molar-refractivity contribution in [3.63, 3.8) is 0 Å². The average molecular weight is 376 g/mol. The Balaban J connectivity index is 1.56. The van der Waals surface area contributed by atoms with Gasteiger partial charge in [0.2, 0.25) is 11.9 Å². The summed E-state index contributed by atoms with van der Waals surface area (Å²) in [5.41, 5.74) is 2.77. The summed E-state index contributed by atoms with van der Waals surface area (Å²) < 4.78 is 0. The molecule has 0 saturated carbocycles. The second kappa shape index (κ2) is 7.84. The van der Waals surface area contributed by atoms with Crippen molar-refractivity contribution in [2.45, 2.75) is 39.5 Å². The minimum atomic E-state index is 0.234. The van der Waals surface area contributed by atoms with E-state index in [9.17, 15) is 0 Å². The van der Waals surface area contributed by atoms with Crippen LogP contribution in [0.15, 0.2) is 30.6 Å². The number of anilines is 3. The standard InChI is InChI=1S/C20H24N8/c1-13-10-14(2)25-19(24-13)27-17-11-15(3)23-18(26-17)16-6-4-9-28(12-16)20-21-7-5-8-22-20/h5,7-8,10-11,16H,4,6,9,12H2,1-3H3,(H,23,24,25,26,27)/t16-/m0/s1. The summed E-state index contributed by atoms with van der Waals surface area (Å²) in [6.07, 6.45) is 5.66. The first kappa shape index (κ1) is 18.2. The molecule has 1 N–H and O–H groups in total. The first-order chi connectivity index (χ1) is 13.6. The third kappa shape index (κ3) is 4.21. The number of hydrogen-bond acceptors (Lipinski definition) is 8. The van der Waals surface area contributed by atoms with Crippen molar-refractivity contribution in [3.8, 4) is 0 Å². The maximum Gasteiger partial charge on any atom is 0.228 e. The highest BCUT2D eigenvalue weighted by Crippen LogP contribution is 2.27. The Morgan fingerprint density at radius 3 is 2.39 bits per heavy atom. The van der Waals surface area contributed by atoms with Crippen molar-refractivity contribution in [2.24, 2.45) is 0 Å². The van der Waals surface area contributed by atoms with Crippen molar-refractivity contribution in [3.05, 3.63) is 53.5 Å². The molecule has 0 aliphatic carbocycles. The second-order valence-electron chi connectivity index (χ2n) is 7.19. The molecular weight excluding hydrogens is 352 g/mol. The van der Waals surface area contributed by atoms with E-state index in [-0.39, 0.29) is 5.92 Å². The Bertz CT molecular complexity index is 939. The van der Waals surface area contributed by atoms with E-state index in [4.69, 9.17) is 9.97 Å². The van der Waals surface area contributed by atoms with Crippen LogP contribution in [0.4, 0.5) is 17.7 Å². The zero-order valence-electron chi connectivity index (χ0n) is 16.4. The number of hydrogen-bond donors (Lipinski definition) is 1. The van der Waals surface area contributed by atoms with Gasteiger partial charge in [0.05, 0.1) is 0 Å². The van der Waals surface area contributed by atoms with Crippen LogP contribution in [0.3, 0.4) is 0 Å². The van der Waals surface area contributed by atoms with Gasteiger partial charge in [0.25, 0.3) is 0 Å². The van der Waals surface area contributed by atoms with Crippen LogP contribution >= 0.6 is 0 Å². The van der Waals surface area contributed by atoms with E-state index in [1.807, 2.05) is 39.0 Å². The maximum absolute atomic E-state index is 4.77. The summed E-state index contributed by atoms with van der Waals surface area (Å²) in [4.78, 5) is 29.3. The molecule has 3 aromatic rings. The quantitative estimate of drug-likeness (QED) is 0.742. The van der Waals surface area contributed by atoms with Gasteiger partial charge in [0.1, 0.15) is 11.6 Å². The van der Waals surface area contributed by atoms with E-state index in [1.165, 1.54) is 0 Å². The van der Waals surface area contributed by atoms with Crippen molar-refractivity contribution in [2.75, 3.05) is 23.3 Å². The molecule has 1 aliphatic heterocycles. The highest BCUT2D eigenvalue weighted by atomic mass is 15.3. The molecule has 0 unspecified atom stereocenters. The number of nitrogens with one attached hydrogen (secondary N) is 1. The fourth-order valence-corrected chi connectivity index (χ4v) is 3.56. The van der Waals surface area contributed by atoms with Gasteiger partial charge < -0.3 is 10.2 Å². The summed E-state index contributed by atoms with van der Waals surface area (Å²) in [6.45, 7) is 7.66. The van der Waals surface area contributed by atoms with E-state index < -0.39 is 0 Å². The SMILES string of the molecule is Cc1cc(C)nc(Nc2cc(C)nc([C@H]3CCCN(c4ncccn4)C3)n2)n1. The lowest BCUT2D eigenvalue weighted by Gasteiger charge is -2.32. The minimum absolute atomic E-state index is 0.234. The zero-order valence-corrected chi connectivity index (χ0v) is 16.4. The lowest BCUT2D eigenvalue weighted by atomic mass is 9.97. The van der Waals surface area contributed by atoms with Gasteiger partial charge in [-0.1, -0.05) is 0 Å². The van der Waals surface area contributed by atoms with Crippen LogP contribution in [-0.2, 0) is 0 Å². The molecule has 28 heavy (non-hydrogen) atoms. The average Bonchev–Trinajstić information content (AvgIpc) is 2.67. The number of piperidine rings is 1. The van der Waals surface area contributed by atoms with Crippen molar-refractivity contribution in [1.29, 1.82) is 0 Å². The molecular formula is C20H24N8. The van der Waals surface area contributed by atoms with Crippen LogP contribution in [0.1, 0.15) is 41.7 Å². The van der Waals surface area contributed by atoms with Crippen molar-refractivity contribution >= 4 is 17.7 Å². The van der Waals surface area contributed by atoms with Crippen LogP contribution in [0.25, 0.3) is 0 Å². The van der Waals surface area contributed by atoms with Gasteiger partial charge >= 0.3 is 0 Å². The molecule has 1 atom stereocenters. The molecule has 0 bridgehead atoms. The summed E-state index contributed by atoms with van der Waals surface area (Å²) in [5, 5.41) is 3.24. The molecule has 0 aromatic carbocycles. The summed E-state index contributed by atoms with van der Waals surface area (Å²) in [6, 6.07) is 5.71. The molecule has 0 amide bonds. The predicted octanol–water partition coefficient (Wildman–Crippen LogP) is 3.11. The Hall–Kier alpha value is -3.16. The van der Waals surface area contributed by atoms with E-state index in [2.05, 4.69) is 30.2 Å². The number of rotatable bonds is 4. The lowest BCUT2D eigenvalue weighted by Crippen LogP contribution is -2.36. The topological polar surface area (TPSA) is 92.6 Å². The molecule has 4 rings (SSSR count). The number of aryl methyl sites for hydroxylation is 3.